The Morgan fingerprint density at radius 3 is 2.36 bits per heavy atom. The SMILES string of the molecule is N#CC1(C#N)[C@H](c2ccc(I)cc2)[C@@H](C(=O)c2ccccc2)N2c3ccc(Cl)cc3C=C[C@@H]21. The van der Waals surface area contributed by atoms with Crippen molar-refractivity contribution in [3.63, 3.8) is 0 Å². The molecule has 0 unspecified atom stereocenters. The average molecular weight is 562 g/mol. The summed E-state index contributed by atoms with van der Waals surface area (Å²) in [7, 11) is 0. The van der Waals surface area contributed by atoms with Gasteiger partial charge in [-0.25, -0.2) is 0 Å². The fraction of sp³-hybridized carbons (Fsp3) is 0.148. The summed E-state index contributed by atoms with van der Waals surface area (Å²) >= 11 is 8.46. The van der Waals surface area contributed by atoms with E-state index in [1.165, 1.54) is 0 Å². The molecule has 6 heteroatoms. The lowest BCUT2D eigenvalue weighted by atomic mass is 9.69. The first-order valence-corrected chi connectivity index (χ1v) is 11.9. The fourth-order valence-corrected chi connectivity index (χ4v) is 5.62. The largest absolute Gasteiger partial charge is 0.351 e. The number of hydrogen-bond donors (Lipinski definition) is 0. The first-order chi connectivity index (χ1) is 16.0. The molecule has 0 saturated carbocycles. The number of halogens is 2. The van der Waals surface area contributed by atoms with Gasteiger partial charge in [0, 0.05) is 25.8 Å². The van der Waals surface area contributed by atoms with Crippen LogP contribution in [0.5, 0.6) is 0 Å². The average Bonchev–Trinajstić information content (AvgIpc) is 3.15. The zero-order chi connectivity index (χ0) is 23.2. The van der Waals surface area contributed by atoms with E-state index in [9.17, 15) is 15.3 Å². The van der Waals surface area contributed by atoms with Gasteiger partial charge in [-0.3, -0.25) is 4.79 Å². The van der Waals surface area contributed by atoms with Crippen LogP contribution in [0.2, 0.25) is 5.02 Å². The number of Topliss-reactive ketones (excluding diaryl/α,β-unsaturated/α-hetero) is 1. The first kappa shape index (κ1) is 21.7. The molecule has 1 saturated heterocycles. The monoisotopic (exact) mass is 561 g/mol. The molecule has 4 nitrogen and oxygen atoms in total. The molecule has 0 radical (unpaired) electrons. The molecular formula is C27H17ClIN3O. The lowest BCUT2D eigenvalue weighted by Gasteiger charge is -2.35. The van der Waals surface area contributed by atoms with Crippen molar-refractivity contribution < 1.29 is 4.79 Å². The van der Waals surface area contributed by atoms with Gasteiger partial charge in [0.25, 0.3) is 0 Å². The van der Waals surface area contributed by atoms with Crippen LogP contribution in [0.25, 0.3) is 6.08 Å². The molecule has 5 rings (SSSR count). The molecule has 0 spiro atoms. The molecule has 2 aliphatic rings. The van der Waals surface area contributed by atoms with E-state index in [-0.39, 0.29) is 5.78 Å². The van der Waals surface area contributed by atoms with Gasteiger partial charge in [0.15, 0.2) is 11.2 Å². The third kappa shape index (κ3) is 3.35. The van der Waals surface area contributed by atoms with Crippen LogP contribution in [0.4, 0.5) is 5.69 Å². The maximum atomic E-state index is 14.0. The third-order valence-corrected chi connectivity index (χ3v) is 7.48. The second kappa shape index (κ2) is 8.33. The minimum atomic E-state index is -1.45. The fourth-order valence-electron chi connectivity index (χ4n) is 5.08. The van der Waals surface area contributed by atoms with Crippen LogP contribution in [-0.2, 0) is 0 Å². The highest BCUT2D eigenvalue weighted by Gasteiger charge is 2.63. The number of hydrogen-bond acceptors (Lipinski definition) is 4. The standard InChI is InChI=1S/C27H17ClIN3O/c28-20-9-12-22-19(14-20)8-13-23-27(15-30,16-31)24(17-6-10-21(29)11-7-17)25(32(22)23)26(33)18-4-2-1-3-5-18/h1-14,23-25H/t23-,24-,25+/m1/s1. The molecule has 160 valence electrons. The highest BCUT2D eigenvalue weighted by Crippen LogP contribution is 2.55. The van der Waals surface area contributed by atoms with Gasteiger partial charge in [-0.05, 0) is 64.0 Å². The minimum Gasteiger partial charge on any atom is -0.351 e. The third-order valence-electron chi connectivity index (χ3n) is 6.52. The van der Waals surface area contributed by atoms with Crippen LogP contribution in [0.3, 0.4) is 0 Å². The lowest BCUT2D eigenvalue weighted by molar-refractivity contribution is 0.0951. The molecule has 0 N–H and O–H groups in total. The normalized spacial score (nSPS) is 22.1. The van der Waals surface area contributed by atoms with E-state index in [4.69, 9.17) is 11.6 Å². The summed E-state index contributed by atoms with van der Waals surface area (Å²) in [6.07, 6.45) is 3.76. The van der Waals surface area contributed by atoms with Crippen molar-refractivity contribution >= 4 is 51.7 Å². The molecule has 33 heavy (non-hydrogen) atoms. The molecule has 0 amide bonds. The lowest BCUT2D eigenvalue weighted by Crippen LogP contribution is -2.44. The van der Waals surface area contributed by atoms with Gasteiger partial charge in [0.05, 0.1) is 18.2 Å². The van der Waals surface area contributed by atoms with E-state index in [1.54, 1.807) is 18.2 Å². The number of anilines is 1. The quantitative estimate of drug-likeness (QED) is 0.281. The van der Waals surface area contributed by atoms with Crippen LogP contribution < -0.4 is 4.90 Å². The summed E-state index contributed by atoms with van der Waals surface area (Å²) in [5.41, 5.74) is 1.55. The Labute approximate surface area is 210 Å². The molecule has 0 bridgehead atoms. The summed E-state index contributed by atoms with van der Waals surface area (Å²) in [5, 5.41) is 21.5. The highest BCUT2D eigenvalue weighted by atomic mass is 127. The summed E-state index contributed by atoms with van der Waals surface area (Å²) in [6, 6.07) is 25.6. The summed E-state index contributed by atoms with van der Waals surface area (Å²) in [4.78, 5) is 16.0. The van der Waals surface area contributed by atoms with Crippen molar-refractivity contribution in [2.24, 2.45) is 5.41 Å². The highest BCUT2D eigenvalue weighted by molar-refractivity contribution is 14.1. The second-order valence-corrected chi connectivity index (χ2v) is 9.89. The summed E-state index contributed by atoms with van der Waals surface area (Å²) in [6.45, 7) is 0. The van der Waals surface area contributed by atoms with E-state index in [0.29, 0.717) is 10.6 Å². The topological polar surface area (TPSA) is 67.9 Å². The first-order valence-electron chi connectivity index (χ1n) is 10.4. The van der Waals surface area contributed by atoms with E-state index in [0.717, 1.165) is 20.4 Å². The molecule has 3 aromatic carbocycles. The predicted molar refractivity (Wildman–Crippen MR) is 137 cm³/mol. The van der Waals surface area contributed by atoms with E-state index < -0.39 is 23.4 Å². The molecule has 3 atom stereocenters. The van der Waals surface area contributed by atoms with Crippen LogP contribution >= 0.6 is 34.2 Å². The maximum Gasteiger partial charge on any atom is 0.185 e. The zero-order valence-electron chi connectivity index (χ0n) is 17.3. The smallest absolute Gasteiger partial charge is 0.185 e. The van der Waals surface area contributed by atoms with Crippen molar-refractivity contribution in [2.45, 2.75) is 18.0 Å². The van der Waals surface area contributed by atoms with Crippen LogP contribution in [0.1, 0.15) is 27.4 Å². The van der Waals surface area contributed by atoms with Crippen molar-refractivity contribution in [1.82, 2.24) is 0 Å². The minimum absolute atomic E-state index is 0.118. The van der Waals surface area contributed by atoms with Gasteiger partial charge in [0.2, 0.25) is 0 Å². The van der Waals surface area contributed by atoms with Gasteiger partial charge < -0.3 is 4.90 Å². The Bertz CT molecular complexity index is 1340. The zero-order valence-corrected chi connectivity index (χ0v) is 20.2. The number of rotatable bonds is 3. The number of benzene rings is 3. The van der Waals surface area contributed by atoms with Gasteiger partial charge in [-0.15, -0.1) is 0 Å². The Hall–Kier alpha value is -3.13. The number of carbonyl (C=O) groups excluding carboxylic acids is 1. The molecule has 0 aromatic heterocycles. The Morgan fingerprint density at radius 1 is 1.00 bits per heavy atom. The van der Waals surface area contributed by atoms with Crippen molar-refractivity contribution in [3.05, 3.63) is 104 Å². The number of nitriles is 2. The van der Waals surface area contributed by atoms with E-state index in [2.05, 4.69) is 34.7 Å². The molecular weight excluding hydrogens is 545 g/mol. The molecule has 1 fully saturated rings. The number of ketones is 1. The van der Waals surface area contributed by atoms with Crippen molar-refractivity contribution in [3.8, 4) is 12.1 Å². The second-order valence-electron chi connectivity index (χ2n) is 8.21. The number of carbonyl (C=O) groups is 1. The molecule has 2 heterocycles. The van der Waals surface area contributed by atoms with Crippen LogP contribution in [-0.4, -0.2) is 17.9 Å². The van der Waals surface area contributed by atoms with Crippen molar-refractivity contribution in [1.29, 1.82) is 10.5 Å². The number of nitrogens with zero attached hydrogens (tertiary/aromatic N) is 3. The number of fused-ring (bicyclic) bond motifs is 3. The molecule has 0 aliphatic carbocycles. The van der Waals surface area contributed by atoms with Gasteiger partial charge >= 0.3 is 0 Å². The maximum absolute atomic E-state index is 14.0. The van der Waals surface area contributed by atoms with Gasteiger partial charge in [0.1, 0.15) is 6.04 Å². The van der Waals surface area contributed by atoms with Crippen LogP contribution in [0, 0.1) is 31.6 Å². The summed E-state index contributed by atoms with van der Waals surface area (Å²) in [5.74, 6) is -0.763. The van der Waals surface area contributed by atoms with E-state index in [1.807, 2.05) is 71.6 Å². The predicted octanol–water partition coefficient (Wildman–Crippen LogP) is 6.23. The van der Waals surface area contributed by atoms with Crippen LogP contribution in [0.15, 0.2) is 78.9 Å². The van der Waals surface area contributed by atoms with Crippen molar-refractivity contribution in [2.75, 3.05) is 4.90 Å². The Balaban J connectivity index is 1.79. The Kier molecular flexibility index (Phi) is 5.48. The Morgan fingerprint density at radius 2 is 1.70 bits per heavy atom. The van der Waals surface area contributed by atoms with E-state index >= 15 is 0 Å². The molecule has 3 aromatic rings. The van der Waals surface area contributed by atoms with Gasteiger partial charge in [-0.2, -0.15) is 10.5 Å². The van der Waals surface area contributed by atoms with Gasteiger partial charge in [-0.1, -0.05) is 66.2 Å². The molecule has 2 aliphatic heterocycles. The summed E-state index contributed by atoms with van der Waals surface area (Å²) < 4.78 is 1.04.